The standard InChI is InChI=1S/C12H17N3O3/c1-6-4-9(15-7(2)5-10(16)17)11(12(13)18)8(3)14-6/h4,7H,5H2,1-3H3,(H2,13,18)(H,14,15)(H,16,17). The Kier molecular flexibility index (Phi) is 4.25. The highest BCUT2D eigenvalue weighted by Gasteiger charge is 2.16. The lowest BCUT2D eigenvalue weighted by molar-refractivity contribution is -0.137. The number of carbonyl (C=O) groups excluding carboxylic acids is 1. The van der Waals surface area contributed by atoms with Gasteiger partial charge >= 0.3 is 5.97 Å². The van der Waals surface area contributed by atoms with Gasteiger partial charge in [0.15, 0.2) is 0 Å². The number of carboxylic acids is 1. The third-order valence-corrected chi connectivity index (χ3v) is 2.46. The van der Waals surface area contributed by atoms with Crippen molar-refractivity contribution in [3.63, 3.8) is 0 Å². The van der Waals surface area contributed by atoms with E-state index in [0.717, 1.165) is 5.69 Å². The van der Waals surface area contributed by atoms with E-state index in [1.54, 1.807) is 26.8 Å². The predicted molar refractivity (Wildman–Crippen MR) is 67.6 cm³/mol. The second-order valence-corrected chi connectivity index (χ2v) is 4.28. The zero-order chi connectivity index (χ0) is 13.9. The van der Waals surface area contributed by atoms with Gasteiger partial charge in [-0.2, -0.15) is 0 Å². The Morgan fingerprint density at radius 2 is 2.11 bits per heavy atom. The van der Waals surface area contributed by atoms with E-state index in [-0.39, 0.29) is 12.5 Å². The summed E-state index contributed by atoms with van der Waals surface area (Å²) in [5.41, 5.74) is 7.41. The molecule has 6 nitrogen and oxygen atoms in total. The average molecular weight is 251 g/mol. The Balaban J connectivity index is 3.07. The highest BCUT2D eigenvalue weighted by Crippen LogP contribution is 2.20. The van der Waals surface area contributed by atoms with E-state index >= 15 is 0 Å². The van der Waals surface area contributed by atoms with Gasteiger partial charge in [-0.3, -0.25) is 14.6 Å². The van der Waals surface area contributed by atoms with Crippen LogP contribution in [0, 0.1) is 13.8 Å². The summed E-state index contributed by atoms with van der Waals surface area (Å²) in [4.78, 5) is 26.2. The molecule has 0 saturated heterocycles. The largest absolute Gasteiger partial charge is 0.481 e. The molecule has 0 aliphatic carbocycles. The SMILES string of the molecule is Cc1cc(NC(C)CC(=O)O)c(C(N)=O)c(C)n1. The fourth-order valence-corrected chi connectivity index (χ4v) is 1.83. The van der Waals surface area contributed by atoms with Crippen LogP contribution in [0.4, 0.5) is 5.69 Å². The van der Waals surface area contributed by atoms with Gasteiger partial charge in [-0.1, -0.05) is 0 Å². The Morgan fingerprint density at radius 1 is 1.50 bits per heavy atom. The molecule has 0 spiro atoms. The Labute approximate surface area is 105 Å². The lowest BCUT2D eigenvalue weighted by atomic mass is 10.1. The van der Waals surface area contributed by atoms with Crippen LogP contribution < -0.4 is 11.1 Å². The number of aliphatic carboxylic acids is 1. The van der Waals surface area contributed by atoms with Gasteiger partial charge in [-0.25, -0.2) is 0 Å². The molecule has 1 aromatic heterocycles. The van der Waals surface area contributed by atoms with Gasteiger partial charge in [0.1, 0.15) is 0 Å². The molecular weight excluding hydrogens is 234 g/mol. The molecule has 4 N–H and O–H groups in total. The number of nitrogens with two attached hydrogens (primary N) is 1. The number of aromatic nitrogens is 1. The minimum absolute atomic E-state index is 0.0430. The second-order valence-electron chi connectivity index (χ2n) is 4.28. The summed E-state index contributed by atoms with van der Waals surface area (Å²) >= 11 is 0. The zero-order valence-corrected chi connectivity index (χ0v) is 10.7. The van der Waals surface area contributed by atoms with E-state index in [1.807, 2.05) is 0 Å². The molecule has 1 aromatic rings. The minimum atomic E-state index is -0.905. The number of carboxylic acid groups (broad SMARTS) is 1. The molecule has 0 saturated carbocycles. The van der Waals surface area contributed by atoms with Crippen LogP contribution in [0.3, 0.4) is 0 Å². The molecule has 0 bridgehead atoms. The molecule has 0 aliphatic rings. The molecular formula is C12H17N3O3. The lowest BCUT2D eigenvalue weighted by Gasteiger charge is -2.17. The van der Waals surface area contributed by atoms with E-state index in [1.165, 1.54) is 0 Å². The minimum Gasteiger partial charge on any atom is -0.481 e. The molecule has 0 aliphatic heterocycles. The summed E-state index contributed by atoms with van der Waals surface area (Å²) in [6, 6.07) is 1.38. The van der Waals surface area contributed by atoms with Crippen molar-refractivity contribution in [3.8, 4) is 0 Å². The summed E-state index contributed by atoms with van der Waals surface area (Å²) < 4.78 is 0. The van der Waals surface area contributed by atoms with Crippen LogP contribution in [0.1, 0.15) is 35.1 Å². The summed E-state index contributed by atoms with van der Waals surface area (Å²) in [7, 11) is 0. The van der Waals surface area contributed by atoms with E-state index in [9.17, 15) is 9.59 Å². The number of primary amides is 1. The summed E-state index contributed by atoms with van der Waals surface area (Å²) in [6.45, 7) is 5.22. The molecule has 0 radical (unpaired) electrons. The van der Waals surface area contributed by atoms with Gasteiger partial charge in [-0.15, -0.1) is 0 Å². The summed E-state index contributed by atoms with van der Waals surface area (Å²) in [6.07, 6.45) is -0.0430. The van der Waals surface area contributed by atoms with Crippen molar-refractivity contribution in [3.05, 3.63) is 23.0 Å². The number of amides is 1. The van der Waals surface area contributed by atoms with Crippen molar-refractivity contribution >= 4 is 17.6 Å². The summed E-state index contributed by atoms with van der Waals surface area (Å²) in [5, 5.41) is 11.7. The smallest absolute Gasteiger partial charge is 0.305 e. The first-order chi connectivity index (χ1) is 8.31. The van der Waals surface area contributed by atoms with E-state index < -0.39 is 11.9 Å². The van der Waals surface area contributed by atoms with E-state index in [2.05, 4.69) is 10.3 Å². The van der Waals surface area contributed by atoms with Crippen molar-refractivity contribution in [2.75, 3.05) is 5.32 Å². The molecule has 1 amide bonds. The van der Waals surface area contributed by atoms with Gasteiger partial charge in [0.25, 0.3) is 5.91 Å². The van der Waals surface area contributed by atoms with Gasteiger partial charge in [-0.05, 0) is 26.8 Å². The zero-order valence-electron chi connectivity index (χ0n) is 10.7. The maximum Gasteiger partial charge on any atom is 0.305 e. The van der Waals surface area contributed by atoms with Crippen LogP contribution in [0.2, 0.25) is 0 Å². The molecule has 1 unspecified atom stereocenters. The number of carbonyl (C=O) groups is 2. The van der Waals surface area contributed by atoms with Gasteiger partial charge in [0, 0.05) is 11.7 Å². The monoisotopic (exact) mass is 251 g/mol. The molecule has 1 rings (SSSR count). The van der Waals surface area contributed by atoms with Crippen LogP contribution in [0.5, 0.6) is 0 Å². The highest BCUT2D eigenvalue weighted by molar-refractivity contribution is 5.99. The number of hydrogen-bond donors (Lipinski definition) is 3. The number of nitrogens with one attached hydrogen (secondary N) is 1. The van der Waals surface area contributed by atoms with Crippen molar-refractivity contribution in [1.29, 1.82) is 0 Å². The number of aryl methyl sites for hydroxylation is 2. The number of rotatable bonds is 5. The van der Waals surface area contributed by atoms with Gasteiger partial charge < -0.3 is 16.2 Å². The third kappa shape index (κ3) is 3.44. The van der Waals surface area contributed by atoms with Crippen LogP contribution >= 0.6 is 0 Å². The van der Waals surface area contributed by atoms with E-state index in [4.69, 9.17) is 10.8 Å². The predicted octanol–water partition coefficient (Wildman–Crippen LogP) is 1.07. The van der Waals surface area contributed by atoms with Gasteiger partial charge in [0.2, 0.25) is 0 Å². The maximum atomic E-state index is 11.4. The average Bonchev–Trinajstić information content (AvgIpc) is 2.12. The molecule has 18 heavy (non-hydrogen) atoms. The van der Waals surface area contributed by atoms with Crippen LogP contribution in [0.25, 0.3) is 0 Å². The fourth-order valence-electron chi connectivity index (χ4n) is 1.83. The summed E-state index contributed by atoms with van der Waals surface area (Å²) in [5.74, 6) is -1.48. The first-order valence-corrected chi connectivity index (χ1v) is 5.57. The Bertz CT molecular complexity index is 486. The third-order valence-electron chi connectivity index (χ3n) is 2.46. The Morgan fingerprint density at radius 3 is 2.61 bits per heavy atom. The first kappa shape index (κ1) is 14.0. The van der Waals surface area contributed by atoms with Crippen molar-refractivity contribution in [2.45, 2.75) is 33.2 Å². The molecule has 1 atom stereocenters. The molecule has 1 heterocycles. The molecule has 0 aromatic carbocycles. The number of anilines is 1. The van der Waals surface area contributed by atoms with Crippen LogP contribution in [-0.4, -0.2) is 28.0 Å². The normalized spacial score (nSPS) is 11.9. The Hall–Kier alpha value is -2.11. The fraction of sp³-hybridized carbons (Fsp3) is 0.417. The topological polar surface area (TPSA) is 105 Å². The number of pyridine rings is 1. The van der Waals surface area contributed by atoms with Crippen molar-refractivity contribution in [2.24, 2.45) is 5.73 Å². The lowest BCUT2D eigenvalue weighted by Crippen LogP contribution is -2.23. The van der Waals surface area contributed by atoms with E-state index in [0.29, 0.717) is 16.9 Å². The van der Waals surface area contributed by atoms with Crippen molar-refractivity contribution in [1.82, 2.24) is 4.98 Å². The molecule has 6 heteroatoms. The van der Waals surface area contributed by atoms with Gasteiger partial charge in [0.05, 0.1) is 23.4 Å². The molecule has 98 valence electrons. The quantitative estimate of drug-likeness (QED) is 0.726. The second kappa shape index (κ2) is 5.48. The first-order valence-electron chi connectivity index (χ1n) is 5.57. The highest BCUT2D eigenvalue weighted by atomic mass is 16.4. The maximum absolute atomic E-state index is 11.4. The number of nitrogens with zero attached hydrogens (tertiary/aromatic N) is 1. The molecule has 0 fully saturated rings. The van der Waals surface area contributed by atoms with Crippen LogP contribution in [-0.2, 0) is 4.79 Å². The number of hydrogen-bond acceptors (Lipinski definition) is 4. The van der Waals surface area contributed by atoms with Crippen molar-refractivity contribution < 1.29 is 14.7 Å². The van der Waals surface area contributed by atoms with Crippen LogP contribution in [0.15, 0.2) is 6.07 Å².